The molecule has 2 aliphatic carbocycles. The fraction of sp³-hybridized carbons (Fsp3) is 0.667. The lowest BCUT2D eigenvalue weighted by atomic mass is 9.97. The first-order chi connectivity index (χ1) is 21.9. The van der Waals surface area contributed by atoms with Crippen molar-refractivity contribution < 1.29 is 37.2 Å². The Morgan fingerprint density at radius 1 is 0.660 bits per heavy atom. The second-order valence-electron chi connectivity index (χ2n) is 14.7. The molecule has 0 amide bonds. The molecule has 2 aromatic rings. The summed E-state index contributed by atoms with van der Waals surface area (Å²) >= 11 is 0. The van der Waals surface area contributed by atoms with Gasteiger partial charge in [-0.3, -0.25) is 9.11 Å². The van der Waals surface area contributed by atoms with Crippen LogP contribution in [0.5, 0.6) is 11.5 Å². The molecule has 0 aliphatic heterocycles. The number of aliphatic hydroxyl groups excluding tert-OH is 2. The average Bonchev–Trinajstić information content (AvgIpc) is 3.71. The maximum atomic E-state index is 10.0. The lowest BCUT2D eigenvalue weighted by Crippen LogP contribution is -2.42. The van der Waals surface area contributed by atoms with Gasteiger partial charge in [-0.1, -0.05) is 62.1 Å². The molecule has 47 heavy (non-hydrogen) atoms. The number of hydrogen-bond donors (Lipinski definition) is 6. The van der Waals surface area contributed by atoms with Crippen LogP contribution in [-0.4, -0.2) is 77.3 Å². The van der Waals surface area contributed by atoms with Gasteiger partial charge in [0, 0.05) is 24.2 Å². The summed E-state index contributed by atoms with van der Waals surface area (Å²) in [5.74, 6) is 3.15. The van der Waals surface area contributed by atoms with Gasteiger partial charge < -0.3 is 30.3 Å². The molecule has 10 nitrogen and oxygen atoms in total. The Balaban J connectivity index is 0.000000286. The van der Waals surface area contributed by atoms with E-state index in [0.29, 0.717) is 38.1 Å². The number of benzene rings is 2. The van der Waals surface area contributed by atoms with Crippen molar-refractivity contribution in [3.8, 4) is 11.5 Å². The number of β-amino-alcohol motifs (C(OH)–C–C–N with tert-alkyl or cyclic N) is 2. The van der Waals surface area contributed by atoms with Crippen LogP contribution in [0.3, 0.4) is 0 Å². The van der Waals surface area contributed by atoms with Crippen LogP contribution in [0.2, 0.25) is 0 Å². The van der Waals surface area contributed by atoms with E-state index in [2.05, 4.69) is 76.4 Å². The molecule has 2 aromatic carbocycles. The molecule has 0 bridgehead atoms. The third-order valence-electron chi connectivity index (χ3n) is 8.03. The van der Waals surface area contributed by atoms with Gasteiger partial charge in [-0.05, 0) is 102 Å². The third-order valence-corrected chi connectivity index (χ3v) is 8.03. The summed E-state index contributed by atoms with van der Waals surface area (Å²) in [6.45, 7) is 14.3. The molecule has 0 radical (unpaired) electrons. The Hall–Kier alpha value is -2.25. The average molecular weight is 681 g/mol. The van der Waals surface area contributed by atoms with E-state index in [-0.39, 0.29) is 11.1 Å². The van der Waals surface area contributed by atoms with Gasteiger partial charge in [0.15, 0.2) is 0 Å². The first-order valence-corrected chi connectivity index (χ1v) is 18.3. The zero-order valence-corrected chi connectivity index (χ0v) is 30.1. The molecule has 2 fully saturated rings. The molecule has 6 N–H and O–H groups in total. The van der Waals surface area contributed by atoms with Crippen molar-refractivity contribution >= 4 is 10.4 Å². The van der Waals surface area contributed by atoms with Crippen molar-refractivity contribution in [1.82, 2.24) is 10.6 Å². The normalized spacial score (nSPS) is 17.2. The molecule has 2 aliphatic rings. The molecule has 2 saturated carbocycles. The van der Waals surface area contributed by atoms with Crippen molar-refractivity contribution in [2.75, 3.05) is 26.3 Å². The quantitative estimate of drug-likeness (QED) is 0.141. The van der Waals surface area contributed by atoms with Gasteiger partial charge in [0.1, 0.15) is 36.9 Å². The van der Waals surface area contributed by atoms with Gasteiger partial charge in [0.2, 0.25) is 0 Å². The van der Waals surface area contributed by atoms with E-state index < -0.39 is 22.6 Å². The van der Waals surface area contributed by atoms with Crippen molar-refractivity contribution in [2.24, 2.45) is 0 Å². The van der Waals surface area contributed by atoms with Crippen molar-refractivity contribution in [1.29, 1.82) is 0 Å². The zero-order chi connectivity index (χ0) is 35.1. The molecule has 4 rings (SSSR count). The third kappa shape index (κ3) is 18.8. The molecular weight excluding hydrogens is 620 g/mol. The topological polar surface area (TPSA) is 158 Å². The van der Waals surface area contributed by atoms with Gasteiger partial charge in [-0.25, -0.2) is 0 Å². The van der Waals surface area contributed by atoms with Crippen LogP contribution in [0.1, 0.15) is 116 Å². The van der Waals surface area contributed by atoms with Crippen LogP contribution in [0.4, 0.5) is 0 Å². The highest BCUT2D eigenvalue weighted by Crippen LogP contribution is 2.39. The monoisotopic (exact) mass is 680 g/mol. The van der Waals surface area contributed by atoms with E-state index in [4.69, 9.17) is 27.0 Å². The van der Waals surface area contributed by atoms with E-state index in [1.165, 1.54) is 62.5 Å². The van der Waals surface area contributed by atoms with E-state index in [0.717, 1.165) is 11.5 Å². The van der Waals surface area contributed by atoms with Crippen LogP contribution < -0.4 is 20.1 Å². The van der Waals surface area contributed by atoms with Gasteiger partial charge in [-0.2, -0.15) is 8.42 Å². The van der Waals surface area contributed by atoms with E-state index in [9.17, 15) is 10.2 Å². The summed E-state index contributed by atoms with van der Waals surface area (Å²) in [5.41, 5.74) is 2.66. The molecule has 0 spiro atoms. The first kappa shape index (κ1) is 40.9. The molecule has 268 valence electrons. The van der Waals surface area contributed by atoms with E-state index in [1.807, 2.05) is 24.3 Å². The highest BCUT2D eigenvalue weighted by Gasteiger charge is 2.22. The summed E-state index contributed by atoms with van der Waals surface area (Å²) < 4.78 is 43.4. The minimum atomic E-state index is -4.67. The standard InChI is InChI=1S/2C18H29NO2.H2O4S/c2*1-18(2,3)19-12-15(20)13-21-17-11-7-6-10-16(17)14-8-4-5-9-14;1-5(2,3)4/h2*6-7,10-11,14-15,19-20H,4-5,8-9,12-13H2,1-3H3;(H2,1,2,3,4). The fourth-order valence-corrected chi connectivity index (χ4v) is 5.71. The molecule has 11 heteroatoms. The Labute approximate surface area is 283 Å². The highest BCUT2D eigenvalue weighted by atomic mass is 32.3. The first-order valence-electron chi connectivity index (χ1n) is 16.9. The number of rotatable bonds is 12. The number of para-hydroxylation sites is 2. The maximum Gasteiger partial charge on any atom is 0.394 e. The number of ether oxygens (including phenoxy) is 2. The number of aliphatic hydroxyl groups is 2. The smallest absolute Gasteiger partial charge is 0.394 e. The Bertz CT molecular complexity index is 1170. The van der Waals surface area contributed by atoms with Crippen LogP contribution in [0, 0.1) is 0 Å². The minimum Gasteiger partial charge on any atom is -0.491 e. The lowest BCUT2D eigenvalue weighted by molar-refractivity contribution is 0.0993. The second kappa shape index (κ2) is 19.7. The zero-order valence-electron chi connectivity index (χ0n) is 29.2. The van der Waals surface area contributed by atoms with Crippen molar-refractivity contribution in [3.63, 3.8) is 0 Å². The molecule has 0 aromatic heterocycles. The lowest BCUT2D eigenvalue weighted by Gasteiger charge is -2.23. The van der Waals surface area contributed by atoms with Gasteiger partial charge in [0.05, 0.1) is 0 Å². The summed E-state index contributed by atoms with van der Waals surface area (Å²) in [7, 11) is -4.67. The summed E-state index contributed by atoms with van der Waals surface area (Å²) in [5, 5.41) is 26.7. The van der Waals surface area contributed by atoms with Crippen molar-refractivity contribution in [2.45, 2.75) is 128 Å². The van der Waals surface area contributed by atoms with Crippen LogP contribution in [0.15, 0.2) is 48.5 Å². The summed E-state index contributed by atoms with van der Waals surface area (Å²) in [6.07, 6.45) is 9.33. The minimum absolute atomic E-state index is 0.0166. The number of hydrogen-bond acceptors (Lipinski definition) is 8. The number of nitrogens with one attached hydrogen (secondary N) is 2. The summed E-state index contributed by atoms with van der Waals surface area (Å²) in [6, 6.07) is 16.6. The Morgan fingerprint density at radius 3 is 1.26 bits per heavy atom. The van der Waals surface area contributed by atoms with Gasteiger partial charge in [0.25, 0.3) is 0 Å². The van der Waals surface area contributed by atoms with E-state index in [1.54, 1.807) is 0 Å². The maximum absolute atomic E-state index is 10.0. The van der Waals surface area contributed by atoms with Gasteiger partial charge >= 0.3 is 10.4 Å². The van der Waals surface area contributed by atoms with Crippen LogP contribution in [-0.2, 0) is 10.4 Å². The van der Waals surface area contributed by atoms with Crippen LogP contribution >= 0.6 is 0 Å². The molecule has 2 atom stereocenters. The Kier molecular flexibility index (Phi) is 17.1. The predicted molar refractivity (Wildman–Crippen MR) is 188 cm³/mol. The van der Waals surface area contributed by atoms with Crippen molar-refractivity contribution in [3.05, 3.63) is 59.7 Å². The highest BCUT2D eigenvalue weighted by molar-refractivity contribution is 7.79. The largest absolute Gasteiger partial charge is 0.491 e. The molecular formula is C36H60N2O8S. The second-order valence-corrected chi connectivity index (χ2v) is 15.6. The van der Waals surface area contributed by atoms with E-state index >= 15 is 0 Å². The fourth-order valence-electron chi connectivity index (χ4n) is 5.71. The predicted octanol–water partition coefficient (Wildman–Crippen LogP) is 6.29. The van der Waals surface area contributed by atoms with Crippen LogP contribution in [0.25, 0.3) is 0 Å². The molecule has 0 saturated heterocycles. The molecule has 2 unspecified atom stereocenters. The SMILES string of the molecule is CC(C)(C)NCC(O)COc1ccccc1C1CCCC1.CC(C)(C)NCC(O)COc1ccccc1C1CCCC1.O=S(=O)(O)O. The Morgan fingerprint density at radius 2 is 0.957 bits per heavy atom. The summed E-state index contributed by atoms with van der Waals surface area (Å²) in [4.78, 5) is 0. The van der Waals surface area contributed by atoms with Gasteiger partial charge in [-0.15, -0.1) is 0 Å². The molecule has 0 heterocycles.